The summed E-state index contributed by atoms with van der Waals surface area (Å²) in [7, 11) is 0. The molecule has 78 valence electrons. The molecule has 5 nitrogen and oxygen atoms in total. The van der Waals surface area contributed by atoms with Gasteiger partial charge in [0.15, 0.2) is 0 Å². The number of nitrogens with zero attached hydrogens (tertiary/aromatic N) is 1. The van der Waals surface area contributed by atoms with E-state index in [4.69, 9.17) is 4.42 Å². The minimum Gasteiger partial charge on any atom is -0.466 e. The molecule has 0 aromatic carbocycles. The number of H-pyrrole nitrogens is 1. The number of aryl methyl sites for hydroxylation is 2. The molecule has 0 aliphatic carbocycles. The number of hydrogen-bond donors (Lipinski definition) is 2. The first-order valence-electron chi connectivity index (χ1n) is 4.54. The maximum absolute atomic E-state index is 11.7. The summed E-state index contributed by atoms with van der Waals surface area (Å²) < 4.78 is 5.26. The fourth-order valence-electron chi connectivity index (χ4n) is 1.36. The van der Waals surface area contributed by atoms with E-state index in [1.165, 1.54) is 0 Å². The molecule has 1 amide bonds. The van der Waals surface area contributed by atoms with Crippen molar-refractivity contribution < 1.29 is 9.21 Å². The molecule has 0 aliphatic heterocycles. The highest BCUT2D eigenvalue weighted by molar-refractivity contribution is 6.04. The van der Waals surface area contributed by atoms with Gasteiger partial charge in [-0.3, -0.25) is 10.1 Å². The molecule has 0 bridgehead atoms. The standard InChI is InChI=1S/C10H11N3O2/c1-6-5-8(7(2)15-6)9(14)13-10-11-3-4-12-10/h3-5H,1-2H3,(H2,11,12,13,14). The van der Waals surface area contributed by atoms with Crippen LogP contribution in [0.1, 0.15) is 21.9 Å². The highest BCUT2D eigenvalue weighted by Crippen LogP contribution is 2.14. The van der Waals surface area contributed by atoms with Crippen LogP contribution in [0.25, 0.3) is 0 Å². The van der Waals surface area contributed by atoms with Crippen LogP contribution in [0, 0.1) is 13.8 Å². The smallest absolute Gasteiger partial charge is 0.261 e. The van der Waals surface area contributed by atoms with Crippen molar-refractivity contribution in [3.05, 3.63) is 35.5 Å². The van der Waals surface area contributed by atoms with Crippen molar-refractivity contribution in [2.24, 2.45) is 0 Å². The third-order valence-corrected chi connectivity index (χ3v) is 2.02. The van der Waals surface area contributed by atoms with Gasteiger partial charge < -0.3 is 9.40 Å². The number of carbonyl (C=O) groups excluding carboxylic acids is 1. The number of imidazole rings is 1. The second-order valence-electron chi connectivity index (χ2n) is 3.22. The number of aromatic amines is 1. The second kappa shape index (κ2) is 3.61. The summed E-state index contributed by atoms with van der Waals surface area (Å²) in [5.41, 5.74) is 0.531. The van der Waals surface area contributed by atoms with Crippen LogP contribution in [-0.4, -0.2) is 15.9 Å². The molecule has 5 heteroatoms. The second-order valence-corrected chi connectivity index (χ2v) is 3.22. The molecule has 15 heavy (non-hydrogen) atoms. The van der Waals surface area contributed by atoms with Crippen LogP contribution in [0.15, 0.2) is 22.9 Å². The van der Waals surface area contributed by atoms with Crippen molar-refractivity contribution in [3.63, 3.8) is 0 Å². The number of hydrogen-bond acceptors (Lipinski definition) is 3. The maximum atomic E-state index is 11.7. The monoisotopic (exact) mass is 205 g/mol. The summed E-state index contributed by atoms with van der Waals surface area (Å²) in [5, 5.41) is 2.63. The molecule has 2 aromatic rings. The number of aromatic nitrogens is 2. The number of carbonyl (C=O) groups is 1. The topological polar surface area (TPSA) is 70.9 Å². The molecule has 0 unspecified atom stereocenters. The Morgan fingerprint density at radius 3 is 2.87 bits per heavy atom. The Balaban J connectivity index is 2.18. The van der Waals surface area contributed by atoms with E-state index in [-0.39, 0.29) is 5.91 Å². The van der Waals surface area contributed by atoms with Crippen LogP contribution >= 0.6 is 0 Å². The maximum Gasteiger partial charge on any atom is 0.261 e. The largest absolute Gasteiger partial charge is 0.466 e. The average Bonchev–Trinajstić information content (AvgIpc) is 2.75. The van der Waals surface area contributed by atoms with Crippen LogP contribution in [0.4, 0.5) is 5.95 Å². The van der Waals surface area contributed by atoms with E-state index in [2.05, 4.69) is 15.3 Å². The van der Waals surface area contributed by atoms with Gasteiger partial charge in [-0.15, -0.1) is 0 Å². The predicted octanol–water partition coefficient (Wildman–Crippen LogP) is 1.87. The Hall–Kier alpha value is -2.04. The first kappa shape index (κ1) is 9.51. The lowest BCUT2D eigenvalue weighted by atomic mass is 10.2. The van der Waals surface area contributed by atoms with Crippen LogP contribution < -0.4 is 5.32 Å². The molecule has 0 saturated heterocycles. The predicted molar refractivity (Wildman–Crippen MR) is 54.7 cm³/mol. The normalized spacial score (nSPS) is 10.3. The van der Waals surface area contributed by atoms with Crippen molar-refractivity contribution in [1.82, 2.24) is 9.97 Å². The fourth-order valence-corrected chi connectivity index (χ4v) is 1.36. The van der Waals surface area contributed by atoms with Crippen molar-refractivity contribution in [1.29, 1.82) is 0 Å². The summed E-state index contributed by atoms with van der Waals surface area (Å²) in [6.07, 6.45) is 3.21. The molecule has 2 heterocycles. The van der Waals surface area contributed by atoms with E-state index in [9.17, 15) is 4.79 Å². The summed E-state index contributed by atoms with van der Waals surface area (Å²) in [6, 6.07) is 1.70. The molecule has 0 saturated carbocycles. The van der Waals surface area contributed by atoms with Gasteiger partial charge in [-0.25, -0.2) is 4.98 Å². The molecule has 0 radical (unpaired) electrons. The zero-order valence-electron chi connectivity index (χ0n) is 8.50. The fraction of sp³-hybridized carbons (Fsp3) is 0.200. The van der Waals surface area contributed by atoms with E-state index in [0.29, 0.717) is 17.3 Å². The van der Waals surface area contributed by atoms with Gasteiger partial charge in [0, 0.05) is 12.4 Å². The molecule has 2 N–H and O–H groups in total. The van der Waals surface area contributed by atoms with Crippen molar-refractivity contribution in [3.8, 4) is 0 Å². The molecule has 2 rings (SSSR count). The zero-order chi connectivity index (χ0) is 10.8. The van der Waals surface area contributed by atoms with Gasteiger partial charge in [0.2, 0.25) is 5.95 Å². The lowest BCUT2D eigenvalue weighted by Crippen LogP contribution is -2.13. The van der Waals surface area contributed by atoms with Crippen LogP contribution in [-0.2, 0) is 0 Å². The number of furan rings is 1. The number of amides is 1. The van der Waals surface area contributed by atoms with E-state index in [1.807, 2.05) is 0 Å². The van der Waals surface area contributed by atoms with Gasteiger partial charge in [-0.1, -0.05) is 0 Å². The average molecular weight is 205 g/mol. The van der Waals surface area contributed by atoms with Crippen LogP contribution in [0.5, 0.6) is 0 Å². The molecule has 0 atom stereocenters. The van der Waals surface area contributed by atoms with Crippen molar-refractivity contribution in [2.75, 3.05) is 5.32 Å². The van der Waals surface area contributed by atoms with Gasteiger partial charge in [0.1, 0.15) is 11.5 Å². The minimum absolute atomic E-state index is 0.223. The Morgan fingerprint density at radius 1 is 1.53 bits per heavy atom. The van der Waals surface area contributed by atoms with E-state index in [0.717, 1.165) is 5.76 Å². The lowest BCUT2D eigenvalue weighted by Gasteiger charge is -1.99. The number of anilines is 1. The number of rotatable bonds is 2. The van der Waals surface area contributed by atoms with Gasteiger partial charge in [-0.2, -0.15) is 0 Å². The van der Waals surface area contributed by atoms with Gasteiger partial charge in [0.25, 0.3) is 5.91 Å². The van der Waals surface area contributed by atoms with E-state index in [1.54, 1.807) is 32.3 Å². The van der Waals surface area contributed by atoms with Gasteiger partial charge >= 0.3 is 0 Å². The highest BCUT2D eigenvalue weighted by Gasteiger charge is 2.13. The van der Waals surface area contributed by atoms with Crippen LogP contribution in [0.2, 0.25) is 0 Å². The summed E-state index contributed by atoms with van der Waals surface area (Å²) in [4.78, 5) is 18.4. The molecule has 2 aromatic heterocycles. The third kappa shape index (κ3) is 1.90. The van der Waals surface area contributed by atoms with Crippen LogP contribution in [0.3, 0.4) is 0 Å². The Labute approximate surface area is 86.5 Å². The minimum atomic E-state index is -0.223. The lowest BCUT2D eigenvalue weighted by molar-refractivity contribution is 0.102. The number of nitrogens with one attached hydrogen (secondary N) is 2. The zero-order valence-corrected chi connectivity index (χ0v) is 8.50. The van der Waals surface area contributed by atoms with Crippen molar-refractivity contribution >= 4 is 11.9 Å². The molecular formula is C10H11N3O2. The van der Waals surface area contributed by atoms with Gasteiger partial charge in [-0.05, 0) is 19.9 Å². The Morgan fingerprint density at radius 2 is 2.33 bits per heavy atom. The first-order valence-corrected chi connectivity index (χ1v) is 4.54. The molecule has 0 spiro atoms. The Kier molecular flexibility index (Phi) is 2.29. The summed E-state index contributed by atoms with van der Waals surface area (Å²) in [5.74, 6) is 1.53. The summed E-state index contributed by atoms with van der Waals surface area (Å²) in [6.45, 7) is 3.56. The third-order valence-electron chi connectivity index (χ3n) is 2.02. The highest BCUT2D eigenvalue weighted by atomic mass is 16.3. The summed E-state index contributed by atoms with van der Waals surface area (Å²) >= 11 is 0. The molecule has 0 fully saturated rings. The van der Waals surface area contributed by atoms with E-state index < -0.39 is 0 Å². The quantitative estimate of drug-likeness (QED) is 0.786. The van der Waals surface area contributed by atoms with E-state index >= 15 is 0 Å². The SMILES string of the molecule is Cc1cc(C(=O)Nc2ncc[nH]2)c(C)o1. The Bertz CT molecular complexity index is 471. The first-order chi connectivity index (χ1) is 7.16. The van der Waals surface area contributed by atoms with Crippen molar-refractivity contribution in [2.45, 2.75) is 13.8 Å². The molecule has 0 aliphatic rings. The van der Waals surface area contributed by atoms with Gasteiger partial charge in [0.05, 0.1) is 5.56 Å². The molecular weight excluding hydrogens is 194 g/mol.